The molecule has 0 aliphatic rings. The van der Waals surface area contributed by atoms with E-state index < -0.39 is 0 Å². The largest absolute Gasteiger partial charge is 0.378 e. The van der Waals surface area contributed by atoms with Crippen molar-refractivity contribution >= 4 is 5.69 Å². The summed E-state index contributed by atoms with van der Waals surface area (Å²) in [5, 5.41) is 12.1. The quantitative estimate of drug-likeness (QED) is 0.891. The average Bonchev–Trinajstić information content (AvgIpc) is 2.44. The highest BCUT2D eigenvalue weighted by molar-refractivity contribution is 5.56. The van der Waals surface area contributed by atoms with Gasteiger partial charge in [0.15, 0.2) is 0 Å². The topological polar surface area (TPSA) is 35.8 Å². The summed E-state index contributed by atoms with van der Waals surface area (Å²) in [6, 6.07) is 14.9. The van der Waals surface area contributed by atoms with Crippen molar-refractivity contribution in [3.8, 4) is 6.07 Å². The molecule has 1 N–H and O–H groups in total. The van der Waals surface area contributed by atoms with Gasteiger partial charge in [-0.15, -0.1) is 0 Å². The second kappa shape index (κ2) is 5.53. The monoisotopic (exact) mass is 254 g/mol. The summed E-state index contributed by atoms with van der Waals surface area (Å²) in [6.07, 6.45) is 0. The van der Waals surface area contributed by atoms with E-state index >= 15 is 0 Å². The van der Waals surface area contributed by atoms with Crippen LogP contribution in [0.15, 0.2) is 42.5 Å². The average molecular weight is 254 g/mol. The molecule has 2 rings (SSSR count). The number of benzene rings is 2. The first kappa shape index (κ1) is 13.1. The van der Waals surface area contributed by atoms with Gasteiger partial charge in [0.25, 0.3) is 0 Å². The summed E-state index contributed by atoms with van der Waals surface area (Å²) in [5.41, 5.74) is 2.63. The molecule has 0 amide bonds. The van der Waals surface area contributed by atoms with Crippen molar-refractivity contribution in [2.45, 2.75) is 19.9 Å². The zero-order valence-electron chi connectivity index (χ0n) is 10.9. The van der Waals surface area contributed by atoms with Crippen molar-refractivity contribution in [2.75, 3.05) is 5.32 Å². The Balaban J connectivity index is 2.29. The first-order chi connectivity index (χ1) is 9.11. The lowest BCUT2D eigenvalue weighted by Gasteiger charge is -2.18. The minimum absolute atomic E-state index is 0.0493. The first-order valence-corrected chi connectivity index (χ1v) is 6.13. The van der Waals surface area contributed by atoms with E-state index in [2.05, 4.69) is 5.32 Å². The van der Waals surface area contributed by atoms with Gasteiger partial charge in [0.05, 0.1) is 11.6 Å². The molecule has 96 valence electrons. The fourth-order valence-electron chi connectivity index (χ4n) is 1.95. The van der Waals surface area contributed by atoms with Crippen molar-refractivity contribution in [3.05, 3.63) is 65.0 Å². The van der Waals surface area contributed by atoms with E-state index in [0.29, 0.717) is 16.8 Å². The van der Waals surface area contributed by atoms with E-state index in [1.807, 2.05) is 43.3 Å². The Kier molecular flexibility index (Phi) is 3.82. The maximum Gasteiger partial charge on any atom is 0.129 e. The second-order valence-corrected chi connectivity index (χ2v) is 4.52. The van der Waals surface area contributed by atoms with Gasteiger partial charge in [0, 0.05) is 17.3 Å². The lowest BCUT2D eigenvalue weighted by atomic mass is 10.1. The molecule has 2 aromatic carbocycles. The summed E-state index contributed by atoms with van der Waals surface area (Å²) in [4.78, 5) is 0. The van der Waals surface area contributed by atoms with Crippen LogP contribution in [0, 0.1) is 24.1 Å². The van der Waals surface area contributed by atoms with Crippen molar-refractivity contribution in [1.29, 1.82) is 5.26 Å². The molecule has 0 aliphatic heterocycles. The normalized spacial score (nSPS) is 11.7. The third kappa shape index (κ3) is 2.92. The van der Waals surface area contributed by atoms with E-state index in [1.54, 1.807) is 13.0 Å². The molecule has 2 nitrogen and oxygen atoms in total. The number of nitriles is 1. The molecular formula is C16H15FN2. The molecule has 0 spiro atoms. The first-order valence-electron chi connectivity index (χ1n) is 6.13. The van der Waals surface area contributed by atoms with Crippen LogP contribution in [0.5, 0.6) is 0 Å². The van der Waals surface area contributed by atoms with Crippen LogP contribution in [0.25, 0.3) is 0 Å². The lowest BCUT2D eigenvalue weighted by molar-refractivity contribution is 0.618. The predicted octanol–water partition coefficient (Wildman–Crippen LogP) is 4.18. The molecule has 0 bridgehead atoms. The molecular weight excluding hydrogens is 239 g/mol. The van der Waals surface area contributed by atoms with Gasteiger partial charge >= 0.3 is 0 Å². The highest BCUT2D eigenvalue weighted by Gasteiger charge is 2.10. The van der Waals surface area contributed by atoms with Gasteiger partial charge in [0.2, 0.25) is 0 Å². The van der Waals surface area contributed by atoms with Crippen LogP contribution in [0.2, 0.25) is 0 Å². The van der Waals surface area contributed by atoms with Crippen LogP contribution in [0.4, 0.5) is 10.1 Å². The lowest BCUT2D eigenvalue weighted by Crippen LogP contribution is -2.08. The molecule has 1 unspecified atom stereocenters. The molecule has 0 aromatic heterocycles. The molecule has 0 saturated heterocycles. The van der Waals surface area contributed by atoms with Crippen LogP contribution in [0.3, 0.4) is 0 Å². The van der Waals surface area contributed by atoms with Crippen molar-refractivity contribution in [2.24, 2.45) is 0 Å². The molecule has 3 heteroatoms. The number of hydrogen-bond donors (Lipinski definition) is 1. The third-order valence-corrected chi connectivity index (χ3v) is 3.14. The van der Waals surface area contributed by atoms with Crippen LogP contribution >= 0.6 is 0 Å². The fraction of sp³-hybridized carbons (Fsp3) is 0.188. The Bertz CT molecular complexity index is 615. The maximum absolute atomic E-state index is 13.7. The van der Waals surface area contributed by atoms with Gasteiger partial charge < -0.3 is 5.32 Å². The van der Waals surface area contributed by atoms with Crippen LogP contribution in [-0.2, 0) is 0 Å². The Hall–Kier alpha value is -2.34. The second-order valence-electron chi connectivity index (χ2n) is 4.52. The minimum Gasteiger partial charge on any atom is -0.378 e. The zero-order chi connectivity index (χ0) is 13.8. The number of hydrogen-bond acceptors (Lipinski definition) is 2. The molecule has 0 radical (unpaired) electrons. The van der Waals surface area contributed by atoms with Crippen molar-refractivity contribution in [1.82, 2.24) is 0 Å². The Morgan fingerprint density at radius 3 is 2.53 bits per heavy atom. The summed E-state index contributed by atoms with van der Waals surface area (Å²) in [7, 11) is 0. The van der Waals surface area contributed by atoms with Gasteiger partial charge in [-0.1, -0.05) is 30.3 Å². The van der Waals surface area contributed by atoms with Crippen LogP contribution < -0.4 is 5.32 Å². The molecule has 0 heterocycles. The van der Waals surface area contributed by atoms with Crippen molar-refractivity contribution in [3.63, 3.8) is 0 Å². The minimum atomic E-state index is -0.359. The van der Waals surface area contributed by atoms with E-state index in [0.717, 1.165) is 5.56 Å². The smallest absolute Gasteiger partial charge is 0.129 e. The van der Waals surface area contributed by atoms with E-state index in [9.17, 15) is 4.39 Å². The number of rotatable bonds is 3. The molecule has 2 aromatic rings. The third-order valence-electron chi connectivity index (χ3n) is 3.14. The van der Waals surface area contributed by atoms with Gasteiger partial charge in [-0.2, -0.15) is 5.26 Å². The standard InChI is InChI=1S/C16H15FN2/c1-11-15(17)8-13(10-18)9-16(11)19-12(2)14-6-4-3-5-7-14/h3-9,12,19H,1-2H3. The van der Waals surface area contributed by atoms with E-state index in [4.69, 9.17) is 5.26 Å². The number of nitrogens with zero attached hydrogens (tertiary/aromatic N) is 1. The van der Waals surface area contributed by atoms with Gasteiger partial charge in [-0.25, -0.2) is 4.39 Å². The molecule has 0 saturated carbocycles. The van der Waals surface area contributed by atoms with Crippen molar-refractivity contribution < 1.29 is 4.39 Å². The van der Waals surface area contributed by atoms with Crippen LogP contribution in [0.1, 0.15) is 29.7 Å². The van der Waals surface area contributed by atoms with Crippen LogP contribution in [-0.4, -0.2) is 0 Å². The van der Waals surface area contributed by atoms with Gasteiger partial charge in [-0.05, 0) is 31.5 Å². The Morgan fingerprint density at radius 2 is 1.89 bits per heavy atom. The summed E-state index contributed by atoms with van der Waals surface area (Å²) < 4.78 is 13.7. The SMILES string of the molecule is Cc1c(F)cc(C#N)cc1NC(C)c1ccccc1. The number of nitrogens with one attached hydrogen (secondary N) is 1. The maximum atomic E-state index is 13.7. The molecule has 0 aliphatic carbocycles. The fourth-order valence-corrected chi connectivity index (χ4v) is 1.95. The summed E-state index contributed by atoms with van der Waals surface area (Å²) >= 11 is 0. The van der Waals surface area contributed by atoms with Gasteiger partial charge in [0.1, 0.15) is 5.82 Å². The zero-order valence-corrected chi connectivity index (χ0v) is 10.9. The summed E-state index contributed by atoms with van der Waals surface area (Å²) in [6.45, 7) is 3.71. The highest BCUT2D eigenvalue weighted by atomic mass is 19.1. The van der Waals surface area contributed by atoms with E-state index in [-0.39, 0.29) is 11.9 Å². The Labute approximate surface area is 112 Å². The van der Waals surface area contributed by atoms with Gasteiger partial charge in [-0.3, -0.25) is 0 Å². The Morgan fingerprint density at radius 1 is 1.21 bits per heavy atom. The number of halogens is 1. The predicted molar refractivity (Wildman–Crippen MR) is 74.3 cm³/mol. The van der Waals surface area contributed by atoms with E-state index in [1.165, 1.54) is 6.07 Å². The highest BCUT2D eigenvalue weighted by Crippen LogP contribution is 2.25. The summed E-state index contributed by atoms with van der Waals surface area (Å²) in [5.74, 6) is -0.359. The molecule has 19 heavy (non-hydrogen) atoms. The number of anilines is 1. The molecule has 1 atom stereocenters. The molecule has 0 fully saturated rings.